The number of ether oxygens (including phenoxy) is 1. The summed E-state index contributed by atoms with van der Waals surface area (Å²) in [7, 11) is -2.62. The number of rotatable bonds is 6. The Morgan fingerprint density at radius 1 is 1.50 bits per heavy atom. The van der Waals surface area contributed by atoms with Crippen LogP contribution in [-0.2, 0) is 30.1 Å². The Morgan fingerprint density at radius 3 is 2.67 bits per heavy atom. The van der Waals surface area contributed by atoms with E-state index < -0.39 is 21.6 Å². The number of hydrogen-bond donors (Lipinski definition) is 2. The fraction of sp³-hybridized carbons (Fsp3) is 0.444. The predicted octanol–water partition coefficient (Wildman–Crippen LogP) is 1.19. The molecule has 0 aromatic carbocycles. The standard InChI is InChI=1S/C9H13NO6P2/c1-15-9(11,17-12)8-5-3-4-7(10-8)6-18(13,14)16-2/h3-5,11H,6H2,1-2H3,(H,13,14)/p+1. The molecule has 18 heavy (non-hydrogen) atoms. The molecule has 1 rings (SSSR count). The summed E-state index contributed by atoms with van der Waals surface area (Å²) in [5.41, 5.74) is -1.77. The van der Waals surface area contributed by atoms with Gasteiger partial charge in [-0.3, -0.25) is 4.57 Å². The summed E-state index contributed by atoms with van der Waals surface area (Å²) in [5, 5.41) is 9.83. The van der Waals surface area contributed by atoms with Crippen molar-refractivity contribution >= 4 is 16.1 Å². The third-order valence-electron chi connectivity index (χ3n) is 2.23. The molecule has 0 aliphatic rings. The fourth-order valence-electron chi connectivity index (χ4n) is 1.22. The SMILES string of the molecule is COC(O)([PH+]=O)c1cccc(CP(=O)(O)OC)n1. The lowest BCUT2D eigenvalue weighted by atomic mass is 10.3. The maximum Gasteiger partial charge on any atom is 0.414 e. The molecule has 0 saturated heterocycles. The van der Waals surface area contributed by atoms with Crippen LogP contribution >= 0.6 is 16.1 Å². The fourth-order valence-corrected chi connectivity index (χ4v) is 2.27. The van der Waals surface area contributed by atoms with Gasteiger partial charge in [0.05, 0.1) is 11.9 Å². The van der Waals surface area contributed by atoms with Crippen molar-refractivity contribution in [2.24, 2.45) is 0 Å². The van der Waals surface area contributed by atoms with Crippen LogP contribution in [0.5, 0.6) is 0 Å². The van der Waals surface area contributed by atoms with E-state index in [-0.39, 0.29) is 17.5 Å². The number of nitrogens with zero attached hydrogens (tertiary/aromatic N) is 1. The first-order valence-electron chi connectivity index (χ1n) is 4.87. The first-order valence-corrected chi connectivity index (χ1v) is 7.55. The molecule has 0 spiro atoms. The van der Waals surface area contributed by atoms with E-state index >= 15 is 0 Å². The van der Waals surface area contributed by atoms with Crippen LogP contribution in [0.25, 0.3) is 0 Å². The van der Waals surface area contributed by atoms with E-state index in [4.69, 9.17) is 4.74 Å². The summed E-state index contributed by atoms with van der Waals surface area (Å²) in [6.45, 7) is 0. The topological polar surface area (TPSA) is 106 Å². The maximum absolute atomic E-state index is 11.4. The van der Waals surface area contributed by atoms with Crippen molar-refractivity contribution < 1.29 is 28.4 Å². The van der Waals surface area contributed by atoms with Crippen molar-refractivity contribution in [3.8, 4) is 0 Å². The van der Waals surface area contributed by atoms with E-state index in [0.29, 0.717) is 0 Å². The molecule has 9 heteroatoms. The summed E-state index contributed by atoms with van der Waals surface area (Å²) in [6.07, 6.45) is -0.306. The zero-order valence-corrected chi connectivity index (χ0v) is 11.8. The molecule has 3 atom stereocenters. The van der Waals surface area contributed by atoms with Gasteiger partial charge in [0.2, 0.25) is 0 Å². The minimum Gasteiger partial charge on any atom is -0.324 e. The summed E-state index contributed by atoms with van der Waals surface area (Å²) in [5.74, 6) is 0. The number of aromatic nitrogens is 1. The van der Waals surface area contributed by atoms with Crippen LogP contribution in [0.2, 0.25) is 0 Å². The van der Waals surface area contributed by atoms with Crippen LogP contribution in [0.1, 0.15) is 11.4 Å². The molecular weight excluding hydrogens is 280 g/mol. The van der Waals surface area contributed by atoms with Gasteiger partial charge in [-0.15, -0.1) is 0 Å². The largest absolute Gasteiger partial charge is 0.414 e. The molecule has 0 amide bonds. The first kappa shape index (κ1) is 15.4. The van der Waals surface area contributed by atoms with Crippen LogP contribution in [-0.4, -0.2) is 29.2 Å². The van der Waals surface area contributed by atoms with E-state index in [1.54, 1.807) is 0 Å². The second-order valence-electron chi connectivity index (χ2n) is 3.44. The second-order valence-corrected chi connectivity index (χ2v) is 6.28. The van der Waals surface area contributed by atoms with Gasteiger partial charge in [0.25, 0.3) is 0 Å². The van der Waals surface area contributed by atoms with Gasteiger partial charge in [0.1, 0.15) is 0 Å². The Labute approximate surface area is 106 Å². The molecule has 100 valence electrons. The van der Waals surface area contributed by atoms with E-state index in [9.17, 15) is 19.1 Å². The number of pyridine rings is 1. The molecule has 1 heterocycles. The lowest BCUT2D eigenvalue weighted by Crippen LogP contribution is -2.22. The van der Waals surface area contributed by atoms with E-state index in [1.165, 1.54) is 25.3 Å². The summed E-state index contributed by atoms with van der Waals surface area (Å²) in [6, 6.07) is 4.42. The van der Waals surface area contributed by atoms with Crippen LogP contribution in [0.3, 0.4) is 0 Å². The van der Waals surface area contributed by atoms with Crippen LogP contribution in [0.15, 0.2) is 18.2 Å². The first-order chi connectivity index (χ1) is 8.37. The van der Waals surface area contributed by atoms with Crippen LogP contribution < -0.4 is 0 Å². The average Bonchev–Trinajstić information content (AvgIpc) is 2.37. The van der Waals surface area contributed by atoms with Crippen molar-refractivity contribution in [2.45, 2.75) is 11.7 Å². The third kappa shape index (κ3) is 3.65. The van der Waals surface area contributed by atoms with Gasteiger partial charge in [0, 0.05) is 14.2 Å². The Kier molecular flexibility index (Phi) is 5.10. The Hall–Kier alpha value is -0.680. The van der Waals surface area contributed by atoms with Gasteiger partial charge in [-0.1, -0.05) is 10.6 Å². The van der Waals surface area contributed by atoms with Gasteiger partial charge >= 0.3 is 21.6 Å². The highest BCUT2D eigenvalue weighted by Crippen LogP contribution is 2.44. The van der Waals surface area contributed by atoms with Gasteiger partial charge in [-0.05, 0) is 12.1 Å². The molecule has 1 aromatic rings. The summed E-state index contributed by atoms with van der Waals surface area (Å²) >= 11 is 0. The number of hydrogen-bond acceptors (Lipinski definition) is 6. The number of aliphatic hydroxyl groups is 1. The van der Waals surface area contributed by atoms with Crippen molar-refractivity contribution in [2.75, 3.05) is 14.2 Å². The van der Waals surface area contributed by atoms with E-state index in [1.807, 2.05) is 0 Å². The predicted molar refractivity (Wildman–Crippen MR) is 64.7 cm³/mol. The highest BCUT2D eigenvalue weighted by molar-refractivity contribution is 7.51. The lowest BCUT2D eigenvalue weighted by Gasteiger charge is -2.13. The quantitative estimate of drug-likeness (QED) is 0.599. The molecule has 3 unspecified atom stereocenters. The normalized spacial score (nSPS) is 18.2. The monoisotopic (exact) mass is 294 g/mol. The molecule has 1 aromatic heterocycles. The van der Waals surface area contributed by atoms with Gasteiger partial charge < -0.3 is 19.3 Å². The molecule has 0 saturated carbocycles. The second kappa shape index (κ2) is 5.97. The zero-order chi connectivity index (χ0) is 13.8. The average molecular weight is 294 g/mol. The molecule has 0 radical (unpaired) electrons. The molecule has 0 aliphatic heterocycles. The summed E-state index contributed by atoms with van der Waals surface area (Å²) in [4.78, 5) is 13.3. The van der Waals surface area contributed by atoms with Crippen molar-refractivity contribution in [3.63, 3.8) is 0 Å². The molecule has 2 N–H and O–H groups in total. The molecule has 0 aliphatic carbocycles. The maximum atomic E-state index is 11.4. The minimum absolute atomic E-state index is 0.00642. The summed E-state index contributed by atoms with van der Waals surface area (Å²) < 4.78 is 31.5. The third-order valence-corrected chi connectivity index (χ3v) is 4.27. The smallest absolute Gasteiger partial charge is 0.324 e. The van der Waals surface area contributed by atoms with E-state index in [0.717, 1.165) is 7.11 Å². The van der Waals surface area contributed by atoms with E-state index in [2.05, 4.69) is 9.51 Å². The Balaban J connectivity index is 3.07. The van der Waals surface area contributed by atoms with Gasteiger partial charge in [0.15, 0.2) is 5.69 Å². The minimum atomic E-state index is -3.75. The Morgan fingerprint density at radius 2 is 2.17 bits per heavy atom. The van der Waals surface area contributed by atoms with Crippen molar-refractivity contribution in [1.82, 2.24) is 4.98 Å². The van der Waals surface area contributed by atoms with Crippen molar-refractivity contribution in [3.05, 3.63) is 29.6 Å². The highest BCUT2D eigenvalue weighted by Gasteiger charge is 2.41. The van der Waals surface area contributed by atoms with Crippen LogP contribution in [0.4, 0.5) is 0 Å². The van der Waals surface area contributed by atoms with Gasteiger partial charge in [-0.2, -0.15) is 0 Å². The van der Waals surface area contributed by atoms with Crippen molar-refractivity contribution in [1.29, 1.82) is 0 Å². The molecule has 7 nitrogen and oxygen atoms in total. The Bertz CT molecular complexity index is 482. The van der Waals surface area contributed by atoms with Gasteiger partial charge in [-0.25, -0.2) is 4.98 Å². The lowest BCUT2D eigenvalue weighted by molar-refractivity contribution is -0.121. The molecular formula is C9H14NO6P2+. The molecule has 0 fully saturated rings. The number of methoxy groups -OCH3 is 1. The van der Waals surface area contributed by atoms with Crippen LogP contribution in [0, 0.1) is 0 Å². The zero-order valence-electron chi connectivity index (χ0n) is 9.86. The highest BCUT2D eigenvalue weighted by atomic mass is 31.2. The molecule has 0 bridgehead atoms.